The van der Waals surface area contributed by atoms with E-state index in [2.05, 4.69) is 6.08 Å². The van der Waals surface area contributed by atoms with Crippen LogP contribution in [0.3, 0.4) is 0 Å². The molecule has 0 saturated heterocycles. The first-order valence-corrected chi connectivity index (χ1v) is 7.42. The Morgan fingerprint density at radius 3 is 2.04 bits per heavy atom. The minimum absolute atomic E-state index is 0.419. The highest BCUT2D eigenvalue weighted by atomic mass is 16.5. The summed E-state index contributed by atoms with van der Waals surface area (Å²) in [6.07, 6.45) is 2.62. The van der Waals surface area contributed by atoms with Crippen LogP contribution in [0.5, 0.6) is 11.5 Å². The van der Waals surface area contributed by atoms with Crippen LogP contribution in [-0.2, 0) is 11.2 Å². The van der Waals surface area contributed by atoms with Crippen molar-refractivity contribution in [2.45, 2.75) is 20.3 Å². The average Bonchev–Trinajstić information content (AvgIpc) is 2.57. The summed E-state index contributed by atoms with van der Waals surface area (Å²) < 4.78 is 16.2. The number of esters is 1. The van der Waals surface area contributed by atoms with E-state index in [0.717, 1.165) is 21.9 Å². The van der Waals surface area contributed by atoms with Gasteiger partial charge >= 0.3 is 5.97 Å². The zero-order valence-corrected chi connectivity index (χ0v) is 14.2. The van der Waals surface area contributed by atoms with Gasteiger partial charge in [-0.25, -0.2) is 4.79 Å². The molecule has 0 aliphatic rings. The molecular formula is C19H22O4. The van der Waals surface area contributed by atoms with Crippen molar-refractivity contribution in [3.8, 4) is 11.5 Å². The molecular weight excluding hydrogens is 292 g/mol. The maximum absolute atomic E-state index is 12.4. The van der Waals surface area contributed by atoms with Crippen LogP contribution in [0.4, 0.5) is 0 Å². The Labute approximate surface area is 136 Å². The van der Waals surface area contributed by atoms with E-state index in [1.54, 1.807) is 14.2 Å². The fourth-order valence-electron chi connectivity index (χ4n) is 2.69. The number of benzene rings is 2. The second-order valence-corrected chi connectivity index (χ2v) is 5.44. The van der Waals surface area contributed by atoms with E-state index in [1.165, 1.54) is 7.11 Å². The average molecular weight is 314 g/mol. The summed E-state index contributed by atoms with van der Waals surface area (Å²) in [5, 5.41) is 1.74. The van der Waals surface area contributed by atoms with Gasteiger partial charge < -0.3 is 14.2 Å². The minimum Gasteiger partial charge on any atom is -0.496 e. The van der Waals surface area contributed by atoms with E-state index in [-0.39, 0.29) is 0 Å². The van der Waals surface area contributed by atoms with Crippen LogP contribution in [0.25, 0.3) is 10.8 Å². The highest BCUT2D eigenvalue weighted by Gasteiger charge is 2.25. The van der Waals surface area contributed by atoms with Crippen molar-refractivity contribution in [3.05, 3.63) is 47.0 Å². The quantitative estimate of drug-likeness (QED) is 0.614. The van der Waals surface area contributed by atoms with E-state index >= 15 is 0 Å². The molecule has 0 unspecified atom stereocenters. The number of rotatable bonds is 5. The van der Waals surface area contributed by atoms with Crippen molar-refractivity contribution >= 4 is 16.7 Å². The lowest BCUT2D eigenvalue weighted by Crippen LogP contribution is -2.10. The SMILES string of the molecule is COC(=O)c1c(CC=C(C)C)c(OC)c2ccccc2c1OC. The van der Waals surface area contributed by atoms with Crippen LogP contribution in [-0.4, -0.2) is 27.3 Å². The van der Waals surface area contributed by atoms with Gasteiger partial charge in [-0.1, -0.05) is 35.9 Å². The van der Waals surface area contributed by atoms with Gasteiger partial charge in [-0.3, -0.25) is 0 Å². The Hall–Kier alpha value is -2.49. The Morgan fingerprint density at radius 2 is 1.57 bits per heavy atom. The molecule has 4 heteroatoms. The first-order valence-electron chi connectivity index (χ1n) is 7.42. The van der Waals surface area contributed by atoms with Crippen molar-refractivity contribution in [1.82, 2.24) is 0 Å². The van der Waals surface area contributed by atoms with Gasteiger partial charge in [-0.2, -0.15) is 0 Å². The summed E-state index contributed by atoms with van der Waals surface area (Å²) in [5.41, 5.74) is 2.36. The fourth-order valence-corrected chi connectivity index (χ4v) is 2.69. The largest absolute Gasteiger partial charge is 0.496 e. The van der Waals surface area contributed by atoms with Gasteiger partial charge in [0.2, 0.25) is 0 Å². The molecule has 0 aliphatic carbocycles. The first kappa shape index (κ1) is 16.9. The molecule has 0 atom stereocenters. The standard InChI is InChI=1S/C19H22O4/c1-12(2)10-11-15-16(19(20)23-5)18(22-4)14-9-7-6-8-13(14)17(15)21-3/h6-10H,11H2,1-5H3. The molecule has 0 aliphatic heterocycles. The van der Waals surface area contributed by atoms with E-state index in [4.69, 9.17) is 14.2 Å². The topological polar surface area (TPSA) is 44.8 Å². The zero-order chi connectivity index (χ0) is 17.0. The lowest BCUT2D eigenvalue weighted by atomic mass is 9.95. The first-order chi connectivity index (χ1) is 11.0. The molecule has 122 valence electrons. The maximum atomic E-state index is 12.4. The highest BCUT2D eigenvalue weighted by Crippen LogP contribution is 2.41. The fraction of sp³-hybridized carbons (Fsp3) is 0.316. The normalized spacial score (nSPS) is 10.3. The Balaban J connectivity index is 2.91. The smallest absolute Gasteiger partial charge is 0.342 e. The van der Waals surface area contributed by atoms with E-state index < -0.39 is 5.97 Å². The number of fused-ring (bicyclic) bond motifs is 1. The van der Waals surface area contributed by atoms with Gasteiger partial charge in [0.1, 0.15) is 17.1 Å². The second kappa shape index (κ2) is 7.18. The predicted molar refractivity (Wildman–Crippen MR) is 91.5 cm³/mol. The van der Waals surface area contributed by atoms with Crippen LogP contribution in [0.1, 0.15) is 29.8 Å². The lowest BCUT2D eigenvalue weighted by Gasteiger charge is -2.19. The summed E-state index contributed by atoms with van der Waals surface area (Å²) in [4.78, 5) is 12.4. The van der Waals surface area contributed by atoms with Gasteiger partial charge in [-0.15, -0.1) is 0 Å². The molecule has 0 amide bonds. The predicted octanol–water partition coefficient (Wildman–Crippen LogP) is 4.15. The van der Waals surface area contributed by atoms with Crippen LogP contribution >= 0.6 is 0 Å². The van der Waals surface area contributed by atoms with Gasteiger partial charge in [0, 0.05) is 16.3 Å². The van der Waals surface area contributed by atoms with Crippen molar-refractivity contribution < 1.29 is 19.0 Å². The molecule has 0 radical (unpaired) electrons. The number of carbonyl (C=O) groups is 1. The lowest BCUT2D eigenvalue weighted by molar-refractivity contribution is 0.0596. The minimum atomic E-state index is -0.428. The molecule has 0 saturated carbocycles. The Bertz CT molecular complexity index is 756. The van der Waals surface area contributed by atoms with E-state index in [0.29, 0.717) is 23.5 Å². The second-order valence-electron chi connectivity index (χ2n) is 5.44. The van der Waals surface area contributed by atoms with Gasteiger partial charge in [0.15, 0.2) is 0 Å². The van der Waals surface area contributed by atoms with Crippen molar-refractivity contribution in [3.63, 3.8) is 0 Å². The number of hydrogen-bond donors (Lipinski definition) is 0. The van der Waals surface area contributed by atoms with Crippen molar-refractivity contribution in [1.29, 1.82) is 0 Å². The number of allylic oxidation sites excluding steroid dienone is 2. The maximum Gasteiger partial charge on any atom is 0.342 e. The third-order valence-electron chi connectivity index (χ3n) is 3.73. The summed E-state index contributed by atoms with van der Waals surface area (Å²) in [5.74, 6) is 0.771. The summed E-state index contributed by atoms with van der Waals surface area (Å²) in [7, 11) is 4.54. The molecule has 0 fully saturated rings. The molecule has 0 N–H and O–H groups in total. The zero-order valence-electron chi connectivity index (χ0n) is 14.2. The summed E-state index contributed by atoms with van der Waals surface area (Å²) in [6, 6.07) is 7.71. The van der Waals surface area contributed by atoms with Gasteiger partial charge in [0.05, 0.1) is 21.3 Å². The third kappa shape index (κ3) is 3.16. The van der Waals surface area contributed by atoms with Crippen LogP contribution in [0, 0.1) is 0 Å². The summed E-state index contributed by atoms with van der Waals surface area (Å²) in [6.45, 7) is 4.03. The van der Waals surface area contributed by atoms with Gasteiger partial charge in [0.25, 0.3) is 0 Å². The van der Waals surface area contributed by atoms with Crippen molar-refractivity contribution in [2.24, 2.45) is 0 Å². The van der Waals surface area contributed by atoms with E-state index in [9.17, 15) is 4.79 Å². The van der Waals surface area contributed by atoms with E-state index in [1.807, 2.05) is 38.1 Å². The molecule has 0 bridgehead atoms. The van der Waals surface area contributed by atoms with Gasteiger partial charge in [-0.05, 0) is 20.3 Å². The number of ether oxygens (including phenoxy) is 3. The monoisotopic (exact) mass is 314 g/mol. The van der Waals surface area contributed by atoms with Crippen LogP contribution < -0.4 is 9.47 Å². The Kier molecular flexibility index (Phi) is 5.27. The highest BCUT2D eigenvalue weighted by molar-refractivity contribution is 6.06. The molecule has 0 heterocycles. The molecule has 0 aromatic heterocycles. The van der Waals surface area contributed by atoms with Crippen LogP contribution in [0.15, 0.2) is 35.9 Å². The Morgan fingerprint density at radius 1 is 1.00 bits per heavy atom. The number of hydrogen-bond acceptors (Lipinski definition) is 4. The number of methoxy groups -OCH3 is 3. The molecule has 0 spiro atoms. The number of carbonyl (C=O) groups excluding carboxylic acids is 1. The van der Waals surface area contributed by atoms with Crippen LogP contribution in [0.2, 0.25) is 0 Å². The third-order valence-corrected chi connectivity index (χ3v) is 3.73. The summed E-state index contributed by atoms with van der Waals surface area (Å²) >= 11 is 0. The molecule has 4 nitrogen and oxygen atoms in total. The molecule has 2 aromatic rings. The molecule has 2 aromatic carbocycles. The molecule has 2 rings (SSSR count). The van der Waals surface area contributed by atoms with Crippen molar-refractivity contribution in [2.75, 3.05) is 21.3 Å². The molecule has 23 heavy (non-hydrogen) atoms.